The number of nitrogens with zero attached hydrogens (tertiary/aromatic N) is 4. The van der Waals surface area contributed by atoms with Crippen LogP contribution in [0.15, 0.2) is 89.9 Å². The zero-order valence-corrected chi connectivity index (χ0v) is 35.5. The van der Waals surface area contributed by atoms with Gasteiger partial charge in [0.2, 0.25) is 5.91 Å². The molecule has 0 radical (unpaired) electrons. The predicted molar refractivity (Wildman–Crippen MR) is 221 cm³/mol. The molecule has 1 amide bonds. The molecule has 14 nitrogen and oxygen atoms in total. The highest BCUT2D eigenvalue weighted by molar-refractivity contribution is 7.44. The summed E-state index contributed by atoms with van der Waals surface area (Å²) in [5, 5.41) is 12.0. The van der Waals surface area contributed by atoms with Crippen LogP contribution in [0.3, 0.4) is 0 Å². The average Bonchev–Trinajstić information content (AvgIpc) is 3.56. The van der Waals surface area contributed by atoms with E-state index in [-0.39, 0.29) is 43.4 Å². The summed E-state index contributed by atoms with van der Waals surface area (Å²) in [5.41, 5.74) is 1.17. The van der Waals surface area contributed by atoms with Gasteiger partial charge < -0.3 is 38.0 Å². The minimum atomic E-state index is -1.79. The number of anilines is 1. The first-order chi connectivity index (χ1) is 27.9. The molecule has 0 bridgehead atoms. The van der Waals surface area contributed by atoms with Crippen LogP contribution in [0.4, 0.5) is 5.82 Å². The number of rotatable bonds is 19. The standard InChI is InChI=1S/C43H54N5O9P/c1-28(2)48(29(3)4)58(55-25-13-24-44)57-38-37(56-41(39(38)53-9)47-26-30(5)40(45-31(6)49)46-42(47)50)27-54-43(32-14-11-10-12-15-32,33-16-20-35(51-7)21-17-33)34-18-22-36(52-8)23-19-34/h10-12,14-23,26,28-29,37-39,41H,13,25,27H2,1-9H3,(H,45,46,49,50)/t37-,38-,39-,41-,58?/m1/s1. The van der Waals surface area contributed by atoms with E-state index in [1.54, 1.807) is 27.3 Å². The second-order valence-electron chi connectivity index (χ2n) is 14.3. The molecule has 1 fully saturated rings. The van der Waals surface area contributed by atoms with Gasteiger partial charge in [-0.1, -0.05) is 54.6 Å². The van der Waals surface area contributed by atoms with Gasteiger partial charge in [0.15, 0.2) is 6.23 Å². The number of hydrogen-bond acceptors (Lipinski definition) is 12. The lowest BCUT2D eigenvalue weighted by atomic mass is 9.80. The van der Waals surface area contributed by atoms with Crippen molar-refractivity contribution in [1.82, 2.24) is 14.2 Å². The highest BCUT2D eigenvalue weighted by Gasteiger charge is 2.51. The van der Waals surface area contributed by atoms with Crippen molar-refractivity contribution in [3.63, 3.8) is 0 Å². The lowest BCUT2D eigenvalue weighted by molar-refractivity contribution is -0.114. The van der Waals surface area contributed by atoms with Crippen LogP contribution in [0.1, 0.15) is 69.5 Å². The molecule has 1 aliphatic rings. The van der Waals surface area contributed by atoms with Crippen LogP contribution in [-0.2, 0) is 33.7 Å². The van der Waals surface area contributed by atoms with E-state index in [4.69, 9.17) is 32.7 Å². The number of methoxy groups -OCH3 is 3. The molecule has 0 aliphatic carbocycles. The molecule has 0 spiro atoms. The number of hydrogen-bond donors (Lipinski definition) is 1. The van der Waals surface area contributed by atoms with Crippen molar-refractivity contribution in [2.24, 2.45) is 0 Å². The first-order valence-corrected chi connectivity index (χ1v) is 20.3. The highest BCUT2D eigenvalue weighted by Crippen LogP contribution is 2.51. The lowest BCUT2D eigenvalue weighted by Crippen LogP contribution is -2.43. The molecule has 310 valence electrons. The lowest BCUT2D eigenvalue weighted by Gasteiger charge is -2.39. The summed E-state index contributed by atoms with van der Waals surface area (Å²) in [6, 6.07) is 27.5. The van der Waals surface area contributed by atoms with E-state index in [0.29, 0.717) is 17.1 Å². The molecule has 3 aromatic carbocycles. The molecular weight excluding hydrogens is 761 g/mol. The smallest absolute Gasteiger partial charge is 0.351 e. The zero-order chi connectivity index (χ0) is 42.0. The average molecular weight is 816 g/mol. The number of aryl methyl sites for hydroxylation is 1. The van der Waals surface area contributed by atoms with Crippen LogP contribution in [0.5, 0.6) is 11.5 Å². The largest absolute Gasteiger partial charge is 0.497 e. The van der Waals surface area contributed by atoms with E-state index in [2.05, 4.69) is 48.7 Å². The third kappa shape index (κ3) is 9.93. The summed E-state index contributed by atoms with van der Waals surface area (Å²) < 4.78 is 48.2. The maximum Gasteiger partial charge on any atom is 0.351 e. The quantitative estimate of drug-likeness (QED) is 0.0583. The van der Waals surface area contributed by atoms with Crippen LogP contribution >= 0.6 is 8.53 Å². The predicted octanol–water partition coefficient (Wildman–Crippen LogP) is 7.11. The third-order valence-corrected chi connectivity index (χ3v) is 11.9. The molecule has 15 heteroatoms. The van der Waals surface area contributed by atoms with Gasteiger partial charge in [-0.25, -0.2) is 9.46 Å². The summed E-state index contributed by atoms with van der Waals surface area (Å²) in [4.78, 5) is 29.8. The number of amides is 1. The minimum absolute atomic E-state index is 0.00803. The molecule has 1 saturated heterocycles. The van der Waals surface area contributed by atoms with E-state index < -0.39 is 44.4 Å². The summed E-state index contributed by atoms with van der Waals surface area (Å²) in [6.45, 7) is 11.4. The molecule has 5 atom stereocenters. The molecule has 4 aromatic rings. The van der Waals surface area contributed by atoms with E-state index in [9.17, 15) is 14.9 Å². The van der Waals surface area contributed by atoms with Gasteiger partial charge in [0, 0.05) is 37.9 Å². The Hall–Kier alpha value is -4.71. The molecule has 1 aliphatic heterocycles. The number of carbonyl (C=O) groups is 1. The van der Waals surface area contributed by atoms with Crippen LogP contribution < -0.4 is 20.5 Å². The Balaban J connectivity index is 1.66. The number of aromatic nitrogens is 2. The summed E-state index contributed by atoms with van der Waals surface area (Å²) >= 11 is 0. The van der Waals surface area contributed by atoms with Crippen LogP contribution in [0.2, 0.25) is 0 Å². The Bertz CT molecular complexity index is 1990. The molecule has 0 saturated carbocycles. The first kappa shape index (κ1) is 44.4. The van der Waals surface area contributed by atoms with Crippen molar-refractivity contribution < 1.29 is 37.5 Å². The van der Waals surface area contributed by atoms with Crippen molar-refractivity contribution in [2.45, 2.75) is 90.2 Å². The fourth-order valence-corrected chi connectivity index (χ4v) is 8.93. The van der Waals surface area contributed by atoms with E-state index >= 15 is 0 Å². The van der Waals surface area contributed by atoms with Crippen LogP contribution in [0, 0.1) is 18.3 Å². The Morgan fingerprint density at radius 3 is 2.00 bits per heavy atom. The molecule has 5 rings (SSSR count). The Kier molecular flexibility index (Phi) is 15.5. The summed E-state index contributed by atoms with van der Waals surface area (Å²) in [5.74, 6) is 1.16. The second kappa shape index (κ2) is 20.3. The molecule has 1 N–H and O–H groups in total. The Morgan fingerprint density at radius 2 is 1.50 bits per heavy atom. The van der Waals surface area contributed by atoms with Gasteiger partial charge in [-0.3, -0.25) is 9.36 Å². The SMILES string of the molecule is COc1ccc(C(OC[C@H]2O[C@@H](n3cc(C)c(NC(C)=O)nc3=O)[C@H](OC)[C@@H]2OP(OCCC#N)N(C(C)C)C(C)C)(c2ccccc2)c2ccc(OC)cc2)cc1. The Morgan fingerprint density at radius 1 is 0.931 bits per heavy atom. The first-order valence-electron chi connectivity index (χ1n) is 19.2. The summed E-state index contributed by atoms with van der Waals surface area (Å²) in [6.07, 6.45) is -1.84. The second-order valence-corrected chi connectivity index (χ2v) is 15.7. The molecular formula is C43H54N5O9P. The monoisotopic (exact) mass is 815 g/mol. The fourth-order valence-electron chi connectivity index (χ4n) is 7.17. The number of nitrogens with one attached hydrogen (secondary N) is 1. The van der Waals surface area contributed by atoms with Gasteiger partial charge in [0.1, 0.15) is 41.2 Å². The Labute approximate surface area is 341 Å². The topological polar surface area (TPSA) is 156 Å². The van der Waals surface area contributed by atoms with Gasteiger partial charge in [0.25, 0.3) is 8.53 Å². The van der Waals surface area contributed by atoms with Crippen LogP contribution in [0.25, 0.3) is 0 Å². The zero-order valence-electron chi connectivity index (χ0n) is 34.6. The van der Waals surface area contributed by atoms with Crippen molar-refractivity contribution in [3.05, 3.63) is 118 Å². The van der Waals surface area contributed by atoms with Gasteiger partial charge >= 0.3 is 5.69 Å². The van der Waals surface area contributed by atoms with Crippen LogP contribution in [-0.4, -0.2) is 85.1 Å². The molecule has 58 heavy (non-hydrogen) atoms. The number of nitriles is 1. The van der Waals surface area contributed by atoms with Gasteiger partial charge in [-0.15, -0.1) is 0 Å². The maximum absolute atomic E-state index is 13.7. The molecule has 1 unspecified atom stereocenters. The van der Waals surface area contributed by atoms with Crippen molar-refractivity contribution in [1.29, 1.82) is 5.26 Å². The maximum atomic E-state index is 13.7. The molecule has 2 heterocycles. The summed E-state index contributed by atoms with van der Waals surface area (Å²) in [7, 11) is 2.97. The minimum Gasteiger partial charge on any atom is -0.497 e. The van der Waals surface area contributed by atoms with E-state index in [1.165, 1.54) is 18.6 Å². The number of ether oxygens (including phenoxy) is 5. The normalized spacial score (nSPS) is 18.7. The fraction of sp³-hybridized carbons (Fsp3) is 0.442. The van der Waals surface area contributed by atoms with Crippen molar-refractivity contribution in [3.8, 4) is 17.6 Å². The highest BCUT2D eigenvalue weighted by atomic mass is 31.2. The number of carbonyl (C=O) groups excluding carboxylic acids is 1. The van der Waals surface area contributed by atoms with E-state index in [1.807, 2.05) is 78.9 Å². The van der Waals surface area contributed by atoms with Crippen molar-refractivity contribution in [2.75, 3.05) is 39.9 Å². The molecule has 1 aromatic heterocycles. The van der Waals surface area contributed by atoms with Gasteiger partial charge in [-0.2, -0.15) is 10.2 Å². The van der Waals surface area contributed by atoms with Crippen molar-refractivity contribution >= 4 is 20.3 Å². The number of benzene rings is 3. The van der Waals surface area contributed by atoms with E-state index in [0.717, 1.165) is 16.7 Å². The van der Waals surface area contributed by atoms with Gasteiger partial charge in [0.05, 0.1) is 39.9 Å². The van der Waals surface area contributed by atoms with Gasteiger partial charge in [-0.05, 0) is 75.6 Å². The third-order valence-electron chi connectivity index (χ3n) is 9.77.